The summed E-state index contributed by atoms with van der Waals surface area (Å²) in [4.78, 5) is 1.65. The van der Waals surface area contributed by atoms with E-state index in [1.54, 1.807) is 24.3 Å². The number of benzene rings is 2. The zero-order valence-electron chi connectivity index (χ0n) is 15.6. The molecule has 1 atom stereocenters. The molecule has 0 aromatic heterocycles. The maximum Gasteiger partial charge on any atom is 0.573 e. The number of nitrogens with one attached hydrogen (secondary N) is 1. The lowest BCUT2D eigenvalue weighted by Gasteiger charge is -2.32. The highest BCUT2D eigenvalue weighted by Crippen LogP contribution is 2.31. The summed E-state index contributed by atoms with van der Waals surface area (Å²) in [5.41, 5.74) is 1.12. The van der Waals surface area contributed by atoms with Crippen LogP contribution in [0, 0.1) is 0 Å². The quantitative estimate of drug-likeness (QED) is 0.756. The van der Waals surface area contributed by atoms with Gasteiger partial charge in [-0.2, -0.15) is 0 Å². The van der Waals surface area contributed by atoms with Gasteiger partial charge in [-0.3, -0.25) is 9.62 Å². The summed E-state index contributed by atoms with van der Waals surface area (Å²) in [6.07, 6.45) is -5.12. The number of anilines is 1. The van der Waals surface area contributed by atoms with Gasteiger partial charge in [0.2, 0.25) is 0 Å². The Bertz CT molecular complexity index is 933. The Morgan fingerprint density at radius 2 is 1.86 bits per heavy atom. The number of alkyl halides is 3. The van der Waals surface area contributed by atoms with Crippen LogP contribution in [-0.4, -0.2) is 45.9 Å². The topological polar surface area (TPSA) is 67.9 Å². The van der Waals surface area contributed by atoms with Crippen molar-refractivity contribution in [1.29, 1.82) is 0 Å². The molecule has 0 aliphatic carbocycles. The highest BCUT2D eigenvalue weighted by Gasteiger charge is 2.34. The van der Waals surface area contributed by atoms with Crippen LogP contribution in [0.1, 0.15) is 18.6 Å². The highest BCUT2D eigenvalue weighted by molar-refractivity contribution is 7.92. The van der Waals surface area contributed by atoms with Gasteiger partial charge >= 0.3 is 6.36 Å². The molecule has 3 rings (SSSR count). The standard InChI is InChI=1S/C19H21F3N2O4S/c1-2-24-11-12-27-17(13-24)14-7-9-15(10-8-14)23-29(25,26)18-6-4-3-5-16(18)28-19(20,21)22/h3-10,17,23H,2,11-13H2,1H3. The Hall–Kier alpha value is -2.30. The molecule has 29 heavy (non-hydrogen) atoms. The van der Waals surface area contributed by atoms with Crippen molar-refractivity contribution in [3.05, 3.63) is 54.1 Å². The number of rotatable bonds is 6. The van der Waals surface area contributed by atoms with Gasteiger partial charge < -0.3 is 9.47 Å². The Kier molecular flexibility index (Phi) is 6.35. The molecule has 2 aromatic rings. The number of sulfonamides is 1. The Morgan fingerprint density at radius 1 is 1.17 bits per heavy atom. The summed E-state index contributed by atoms with van der Waals surface area (Å²) in [5, 5.41) is 0. The number of nitrogens with zero attached hydrogens (tertiary/aromatic N) is 1. The molecule has 1 aliphatic heterocycles. The van der Waals surface area contributed by atoms with E-state index in [0.717, 1.165) is 37.3 Å². The fourth-order valence-corrected chi connectivity index (χ4v) is 4.24. The van der Waals surface area contributed by atoms with E-state index in [2.05, 4.69) is 21.3 Å². The molecule has 1 heterocycles. The van der Waals surface area contributed by atoms with E-state index in [4.69, 9.17) is 4.74 Å². The smallest absolute Gasteiger partial charge is 0.404 e. The molecule has 1 unspecified atom stereocenters. The summed E-state index contributed by atoms with van der Waals surface area (Å²) in [5.74, 6) is -0.792. The van der Waals surface area contributed by atoms with Crippen molar-refractivity contribution >= 4 is 15.7 Å². The zero-order valence-corrected chi connectivity index (χ0v) is 16.5. The minimum Gasteiger partial charge on any atom is -0.404 e. The third kappa shape index (κ3) is 5.62. The van der Waals surface area contributed by atoms with Crippen LogP contribution >= 0.6 is 0 Å². The van der Waals surface area contributed by atoms with Crippen LogP contribution in [0.5, 0.6) is 5.75 Å². The first-order chi connectivity index (χ1) is 13.7. The van der Waals surface area contributed by atoms with Gasteiger partial charge in [-0.15, -0.1) is 13.2 Å². The van der Waals surface area contributed by atoms with Crippen LogP contribution in [0.4, 0.5) is 18.9 Å². The van der Waals surface area contributed by atoms with E-state index in [1.165, 1.54) is 12.1 Å². The van der Waals surface area contributed by atoms with Crippen LogP contribution in [0.3, 0.4) is 0 Å². The molecule has 2 aromatic carbocycles. The van der Waals surface area contributed by atoms with Crippen molar-refractivity contribution in [2.24, 2.45) is 0 Å². The normalized spacial score (nSPS) is 18.4. The predicted octanol–water partition coefficient (Wildman–Crippen LogP) is 3.78. The maximum atomic E-state index is 12.6. The van der Waals surface area contributed by atoms with E-state index in [0.29, 0.717) is 6.61 Å². The lowest BCUT2D eigenvalue weighted by molar-refractivity contribution is -0.275. The van der Waals surface area contributed by atoms with Gasteiger partial charge in [0.25, 0.3) is 10.0 Å². The summed E-state index contributed by atoms with van der Waals surface area (Å²) in [6.45, 7) is 5.20. The molecule has 1 fully saturated rings. The van der Waals surface area contributed by atoms with Crippen LogP contribution < -0.4 is 9.46 Å². The van der Waals surface area contributed by atoms with Gasteiger partial charge in [-0.05, 0) is 36.4 Å². The second-order valence-electron chi connectivity index (χ2n) is 6.47. The second kappa shape index (κ2) is 8.60. The van der Waals surface area contributed by atoms with Crippen molar-refractivity contribution in [2.45, 2.75) is 24.3 Å². The average molecular weight is 430 g/mol. The molecule has 0 radical (unpaired) electrons. The molecule has 0 bridgehead atoms. The molecule has 0 spiro atoms. The van der Waals surface area contributed by atoms with Gasteiger partial charge in [0, 0.05) is 18.8 Å². The van der Waals surface area contributed by atoms with Crippen molar-refractivity contribution < 1.29 is 31.1 Å². The molecular weight excluding hydrogens is 409 g/mol. The lowest BCUT2D eigenvalue weighted by Crippen LogP contribution is -2.38. The van der Waals surface area contributed by atoms with E-state index in [-0.39, 0.29) is 11.8 Å². The molecule has 0 saturated carbocycles. The van der Waals surface area contributed by atoms with Crippen molar-refractivity contribution in [2.75, 3.05) is 31.0 Å². The van der Waals surface area contributed by atoms with Crippen LogP contribution in [0.2, 0.25) is 0 Å². The highest BCUT2D eigenvalue weighted by atomic mass is 32.2. The molecule has 1 saturated heterocycles. The van der Waals surface area contributed by atoms with Crippen molar-refractivity contribution in [3.63, 3.8) is 0 Å². The number of para-hydroxylation sites is 1. The van der Waals surface area contributed by atoms with Gasteiger partial charge in [0.15, 0.2) is 0 Å². The molecule has 10 heteroatoms. The van der Waals surface area contributed by atoms with Crippen molar-refractivity contribution in [3.8, 4) is 5.75 Å². The van der Waals surface area contributed by atoms with Crippen molar-refractivity contribution in [1.82, 2.24) is 4.90 Å². The number of halogens is 3. The second-order valence-corrected chi connectivity index (χ2v) is 8.13. The van der Waals surface area contributed by atoms with Gasteiger partial charge in [0.1, 0.15) is 10.6 Å². The number of ether oxygens (including phenoxy) is 2. The predicted molar refractivity (Wildman–Crippen MR) is 101 cm³/mol. The Labute approximate surface area is 167 Å². The van der Waals surface area contributed by atoms with Crippen LogP contribution in [-0.2, 0) is 14.8 Å². The fourth-order valence-electron chi connectivity index (χ4n) is 3.05. The number of hydrogen-bond acceptors (Lipinski definition) is 5. The van der Waals surface area contributed by atoms with Gasteiger partial charge in [0.05, 0.1) is 12.7 Å². The minimum absolute atomic E-state index is 0.115. The van der Waals surface area contributed by atoms with Crippen LogP contribution in [0.15, 0.2) is 53.4 Å². The summed E-state index contributed by atoms with van der Waals surface area (Å²) < 4.78 is 74.7. The summed E-state index contributed by atoms with van der Waals surface area (Å²) >= 11 is 0. The third-order valence-corrected chi connectivity index (χ3v) is 5.92. The fraction of sp³-hybridized carbons (Fsp3) is 0.368. The molecule has 6 nitrogen and oxygen atoms in total. The first-order valence-corrected chi connectivity index (χ1v) is 10.5. The van der Waals surface area contributed by atoms with Crippen LogP contribution in [0.25, 0.3) is 0 Å². The van der Waals surface area contributed by atoms with Gasteiger partial charge in [-0.25, -0.2) is 8.42 Å². The molecule has 158 valence electrons. The maximum absolute atomic E-state index is 12.6. The molecule has 1 aliphatic rings. The Balaban J connectivity index is 1.76. The zero-order chi connectivity index (χ0) is 21.1. The van der Waals surface area contributed by atoms with Gasteiger partial charge in [-0.1, -0.05) is 31.2 Å². The van der Waals surface area contributed by atoms with E-state index >= 15 is 0 Å². The number of morpholine rings is 1. The summed E-state index contributed by atoms with van der Waals surface area (Å²) in [7, 11) is -4.28. The minimum atomic E-state index is -5.00. The molecule has 1 N–H and O–H groups in total. The lowest BCUT2D eigenvalue weighted by atomic mass is 10.1. The Morgan fingerprint density at radius 3 is 2.52 bits per heavy atom. The first-order valence-electron chi connectivity index (χ1n) is 8.99. The van der Waals surface area contributed by atoms with E-state index < -0.39 is 27.0 Å². The van der Waals surface area contributed by atoms with E-state index in [9.17, 15) is 21.6 Å². The monoisotopic (exact) mass is 430 g/mol. The van der Waals surface area contributed by atoms with E-state index in [1.807, 2.05) is 0 Å². The molecule has 0 amide bonds. The number of likely N-dealkylation sites (N-methyl/N-ethyl adjacent to an activating group) is 1. The summed E-state index contributed by atoms with van der Waals surface area (Å²) in [6, 6.07) is 11.2. The average Bonchev–Trinajstić information content (AvgIpc) is 2.67. The number of hydrogen-bond donors (Lipinski definition) is 1. The third-order valence-electron chi connectivity index (χ3n) is 4.50. The molecular formula is C19H21F3N2O4S. The largest absolute Gasteiger partial charge is 0.573 e. The SMILES string of the molecule is CCN1CCOC(c2ccc(NS(=O)(=O)c3ccccc3OC(F)(F)F)cc2)C1. The first kappa shape index (κ1) is 21.4.